The van der Waals surface area contributed by atoms with Crippen molar-refractivity contribution >= 4 is 22.6 Å². The highest BCUT2D eigenvalue weighted by atomic mass is 16.2. The van der Waals surface area contributed by atoms with Gasteiger partial charge in [-0.3, -0.25) is 14.6 Å². The minimum Gasteiger partial charge on any atom is -0.342 e. The fourth-order valence-corrected chi connectivity index (χ4v) is 4.06. The molecule has 4 rings (SSSR count). The van der Waals surface area contributed by atoms with Crippen molar-refractivity contribution in [1.82, 2.24) is 14.8 Å². The lowest BCUT2D eigenvalue weighted by atomic mass is 10.0. The zero-order valence-corrected chi connectivity index (χ0v) is 13.8. The lowest BCUT2D eigenvalue weighted by Crippen LogP contribution is -2.35. The van der Waals surface area contributed by atoms with Crippen LogP contribution < -0.4 is 0 Å². The van der Waals surface area contributed by atoms with Crippen LogP contribution in [-0.4, -0.2) is 52.8 Å². The van der Waals surface area contributed by atoms with Crippen LogP contribution in [-0.2, 0) is 16.0 Å². The van der Waals surface area contributed by atoms with Crippen molar-refractivity contribution in [2.24, 2.45) is 11.8 Å². The Hall–Kier alpha value is -2.43. The first-order valence-corrected chi connectivity index (χ1v) is 8.46. The van der Waals surface area contributed by atoms with Crippen LogP contribution in [0.1, 0.15) is 12.5 Å². The molecule has 0 radical (unpaired) electrons. The molecule has 1 aromatic carbocycles. The smallest absolute Gasteiger partial charge is 0.227 e. The lowest BCUT2D eigenvalue weighted by Gasteiger charge is -2.21. The molecule has 2 atom stereocenters. The second kappa shape index (κ2) is 5.89. The van der Waals surface area contributed by atoms with E-state index in [2.05, 4.69) is 4.98 Å². The van der Waals surface area contributed by atoms with E-state index in [-0.39, 0.29) is 11.8 Å². The van der Waals surface area contributed by atoms with Gasteiger partial charge in [-0.15, -0.1) is 0 Å². The first kappa shape index (κ1) is 15.1. The molecule has 3 heterocycles. The summed E-state index contributed by atoms with van der Waals surface area (Å²) in [6.07, 6.45) is 4.02. The first-order chi connectivity index (χ1) is 11.6. The standard InChI is InChI=1S/C19H21N3O2/c1-13(23)21-9-16-11-22(12-17(16)10-21)19(24)7-15-4-2-3-14-5-6-20-8-18(14)15/h2-6,8,16-17H,7,9-12H2,1H3/t16-,17+. The van der Waals surface area contributed by atoms with E-state index < -0.39 is 0 Å². The molecule has 2 aliphatic heterocycles. The maximum atomic E-state index is 12.7. The lowest BCUT2D eigenvalue weighted by molar-refractivity contribution is -0.130. The Morgan fingerprint density at radius 1 is 1.08 bits per heavy atom. The number of pyridine rings is 1. The Kier molecular flexibility index (Phi) is 3.71. The minimum absolute atomic E-state index is 0.144. The molecule has 2 aromatic rings. The van der Waals surface area contributed by atoms with Gasteiger partial charge in [-0.05, 0) is 17.0 Å². The Balaban J connectivity index is 1.45. The average molecular weight is 323 g/mol. The van der Waals surface area contributed by atoms with Gasteiger partial charge in [0.05, 0.1) is 6.42 Å². The maximum absolute atomic E-state index is 12.7. The Morgan fingerprint density at radius 2 is 1.79 bits per heavy atom. The number of rotatable bonds is 2. The number of fused-ring (bicyclic) bond motifs is 2. The Morgan fingerprint density at radius 3 is 2.50 bits per heavy atom. The fraction of sp³-hybridized carbons (Fsp3) is 0.421. The highest BCUT2D eigenvalue weighted by Gasteiger charge is 2.42. The van der Waals surface area contributed by atoms with Crippen molar-refractivity contribution in [3.05, 3.63) is 42.2 Å². The van der Waals surface area contributed by atoms with Gasteiger partial charge >= 0.3 is 0 Å². The number of carbonyl (C=O) groups excluding carboxylic acids is 2. The number of aromatic nitrogens is 1. The van der Waals surface area contributed by atoms with Crippen LogP contribution in [0.4, 0.5) is 0 Å². The molecule has 5 heteroatoms. The monoisotopic (exact) mass is 323 g/mol. The van der Waals surface area contributed by atoms with Gasteiger partial charge in [-0.2, -0.15) is 0 Å². The van der Waals surface area contributed by atoms with Crippen LogP contribution in [0.2, 0.25) is 0 Å². The molecule has 2 fully saturated rings. The van der Waals surface area contributed by atoms with Gasteiger partial charge in [0.1, 0.15) is 0 Å². The van der Waals surface area contributed by atoms with Crippen molar-refractivity contribution < 1.29 is 9.59 Å². The third kappa shape index (κ3) is 2.64. The predicted molar refractivity (Wildman–Crippen MR) is 91.3 cm³/mol. The molecule has 0 aliphatic carbocycles. The van der Waals surface area contributed by atoms with Gasteiger partial charge in [0.25, 0.3) is 0 Å². The quantitative estimate of drug-likeness (QED) is 0.845. The van der Waals surface area contributed by atoms with Gasteiger partial charge in [0, 0.05) is 62.7 Å². The normalized spacial score (nSPS) is 22.9. The van der Waals surface area contributed by atoms with Crippen molar-refractivity contribution in [1.29, 1.82) is 0 Å². The van der Waals surface area contributed by atoms with E-state index in [4.69, 9.17) is 0 Å². The molecule has 0 unspecified atom stereocenters. The summed E-state index contributed by atoms with van der Waals surface area (Å²) >= 11 is 0. The summed E-state index contributed by atoms with van der Waals surface area (Å²) in [5.41, 5.74) is 1.04. The molecule has 2 saturated heterocycles. The van der Waals surface area contributed by atoms with Crippen molar-refractivity contribution in [2.75, 3.05) is 26.2 Å². The number of amides is 2. The molecular weight excluding hydrogens is 302 g/mol. The third-order valence-corrected chi connectivity index (χ3v) is 5.40. The molecule has 2 aliphatic rings. The molecule has 5 nitrogen and oxygen atoms in total. The zero-order chi connectivity index (χ0) is 16.7. The average Bonchev–Trinajstić information content (AvgIpc) is 3.14. The SMILES string of the molecule is CC(=O)N1C[C@@H]2CN(C(=O)Cc3cccc4ccncc34)C[C@@H]2C1. The number of hydrogen-bond acceptors (Lipinski definition) is 3. The van der Waals surface area contributed by atoms with Crippen LogP contribution in [0.25, 0.3) is 10.8 Å². The largest absolute Gasteiger partial charge is 0.342 e. The van der Waals surface area contributed by atoms with Gasteiger partial charge in [-0.1, -0.05) is 18.2 Å². The van der Waals surface area contributed by atoms with E-state index in [0.717, 1.165) is 42.5 Å². The van der Waals surface area contributed by atoms with Gasteiger partial charge in [-0.25, -0.2) is 0 Å². The van der Waals surface area contributed by atoms with Crippen LogP contribution in [0.15, 0.2) is 36.7 Å². The van der Waals surface area contributed by atoms with Crippen molar-refractivity contribution in [2.45, 2.75) is 13.3 Å². The van der Waals surface area contributed by atoms with Crippen LogP contribution in [0, 0.1) is 11.8 Å². The molecule has 0 bridgehead atoms. The van der Waals surface area contributed by atoms with Gasteiger partial charge < -0.3 is 9.80 Å². The van der Waals surface area contributed by atoms with Crippen LogP contribution in [0.3, 0.4) is 0 Å². The van der Waals surface area contributed by atoms with Crippen molar-refractivity contribution in [3.8, 4) is 0 Å². The summed E-state index contributed by atoms with van der Waals surface area (Å²) in [5.74, 6) is 1.19. The van der Waals surface area contributed by atoms with E-state index in [9.17, 15) is 9.59 Å². The van der Waals surface area contributed by atoms with Gasteiger partial charge in [0.2, 0.25) is 11.8 Å². The highest BCUT2D eigenvalue weighted by Crippen LogP contribution is 2.31. The number of benzene rings is 1. The van der Waals surface area contributed by atoms with E-state index in [0.29, 0.717) is 18.3 Å². The van der Waals surface area contributed by atoms with Crippen LogP contribution >= 0.6 is 0 Å². The number of likely N-dealkylation sites (tertiary alicyclic amines) is 2. The van der Waals surface area contributed by atoms with E-state index in [1.54, 1.807) is 13.1 Å². The van der Waals surface area contributed by atoms with E-state index >= 15 is 0 Å². The van der Waals surface area contributed by atoms with E-state index in [1.165, 1.54) is 0 Å². The molecule has 1 aromatic heterocycles. The molecule has 124 valence electrons. The third-order valence-electron chi connectivity index (χ3n) is 5.40. The Bertz CT molecular complexity index is 785. The maximum Gasteiger partial charge on any atom is 0.227 e. The fourth-order valence-electron chi connectivity index (χ4n) is 4.06. The summed E-state index contributed by atoms with van der Waals surface area (Å²) in [6.45, 7) is 4.76. The minimum atomic E-state index is 0.144. The number of hydrogen-bond donors (Lipinski definition) is 0. The first-order valence-electron chi connectivity index (χ1n) is 8.46. The molecule has 0 N–H and O–H groups in total. The second-order valence-corrected chi connectivity index (χ2v) is 6.93. The molecule has 0 saturated carbocycles. The Labute approximate surface area is 141 Å². The molecular formula is C19H21N3O2. The predicted octanol–water partition coefficient (Wildman–Crippen LogP) is 1.71. The summed E-state index contributed by atoms with van der Waals surface area (Å²) in [6, 6.07) is 8.02. The second-order valence-electron chi connectivity index (χ2n) is 6.93. The summed E-state index contributed by atoms with van der Waals surface area (Å²) in [4.78, 5) is 32.3. The number of carbonyl (C=O) groups is 2. The molecule has 24 heavy (non-hydrogen) atoms. The summed E-state index contributed by atoms with van der Waals surface area (Å²) < 4.78 is 0. The summed E-state index contributed by atoms with van der Waals surface area (Å²) in [5, 5.41) is 2.17. The molecule has 0 spiro atoms. The van der Waals surface area contributed by atoms with Crippen LogP contribution in [0.5, 0.6) is 0 Å². The zero-order valence-electron chi connectivity index (χ0n) is 13.8. The van der Waals surface area contributed by atoms with Crippen molar-refractivity contribution in [3.63, 3.8) is 0 Å². The highest BCUT2D eigenvalue weighted by molar-refractivity contribution is 5.89. The van der Waals surface area contributed by atoms with E-state index in [1.807, 2.05) is 40.3 Å². The summed E-state index contributed by atoms with van der Waals surface area (Å²) in [7, 11) is 0. The van der Waals surface area contributed by atoms with Gasteiger partial charge in [0.15, 0.2) is 0 Å². The molecule has 2 amide bonds. The topological polar surface area (TPSA) is 53.5 Å². The number of nitrogens with zero attached hydrogens (tertiary/aromatic N) is 3.